The SMILES string of the molecule is Cc1cc(C)cc(N2C(=O)C3C(C2=O)N2C(c4cccc([N+](=O)[O-])c4)C4C(=O)N(c5cc(C)cc(C)c5)C(=O)C4N2C3c2cccc([N+](=O)[O-])c2)c1. The molecule has 52 heavy (non-hydrogen) atoms. The summed E-state index contributed by atoms with van der Waals surface area (Å²) < 4.78 is 0. The molecule has 0 bridgehead atoms. The number of imide groups is 2. The number of hydrogen-bond donors (Lipinski definition) is 0. The number of non-ortho nitro benzene ring substituents is 2. The lowest BCUT2D eigenvalue weighted by Gasteiger charge is -2.35. The highest BCUT2D eigenvalue weighted by atomic mass is 16.6. The van der Waals surface area contributed by atoms with Gasteiger partial charge >= 0.3 is 0 Å². The number of hydrogen-bond acceptors (Lipinski definition) is 10. The van der Waals surface area contributed by atoms with Gasteiger partial charge in [-0.25, -0.2) is 19.8 Å². The van der Waals surface area contributed by atoms with Gasteiger partial charge in [-0.1, -0.05) is 36.4 Å². The van der Waals surface area contributed by atoms with Crippen molar-refractivity contribution in [1.82, 2.24) is 10.0 Å². The third kappa shape index (κ3) is 4.78. The molecule has 0 saturated carbocycles. The van der Waals surface area contributed by atoms with Crippen molar-refractivity contribution < 1.29 is 29.0 Å². The predicted molar refractivity (Wildman–Crippen MR) is 187 cm³/mol. The van der Waals surface area contributed by atoms with E-state index in [-0.39, 0.29) is 11.4 Å². The van der Waals surface area contributed by atoms with E-state index in [9.17, 15) is 39.4 Å². The lowest BCUT2D eigenvalue weighted by atomic mass is 9.84. The van der Waals surface area contributed by atoms with E-state index in [1.165, 1.54) is 36.4 Å². The van der Waals surface area contributed by atoms with Gasteiger partial charge in [0.15, 0.2) is 0 Å². The van der Waals surface area contributed by atoms with E-state index in [1.807, 2.05) is 39.8 Å². The number of nitro benzene ring substituents is 2. The Balaban J connectivity index is 1.37. The monoisotopic (exact) mass is 700 g/mol. The van der Waals surface area contributed by atoms with Crippen LogP contribution in [0.15, 0.2) is 84.9 Å². The molecule has 14 nitrogen and oxygen atoms in total. The molecule has 8 rings (SSSR count). The molecule has 4 aromatic rings. The van der Waals surface area contributed by atoms with Gasteiger partial charge in [0.25, 0.3) is 23.2 Å². The molecule has 6 unspecified atom stereocenters. The van der Waals surface area contributed by atoms with Crippen molar-refractivity contribution in [2.75, 3.05) is 9.80 Å². The van der Waals surface area contributed by atoms with E-state index in [4.69, 9.17) is 0 Å². The summed E-state index contributed by atoms with van der Waals surface area (Å²) >= 11 is 0. The fraction of sp³-hybridized carbons (Fsp3) is 0.263. The van der Waals surface area contributed by atoms with Crippen LogP contribution in [-0.2, 0) is 19.2 Å². The number of carbonyl (C=O) groups excluding carboxylic acids is 4. The molecule has 4 aliphatic rings. The molecule has 0 aliphatic carbocycles. The van der Waals surface area contributed by atoms with Crippen LogP contribution in [0.2, 0.25) is 0 Å². The van der Waals surface area contributed by atoms with E-state index < -0.39 is 69.5 Å². The van der Waals surface area contributed by atoms with Crippen LogP contribution >= 0.6 is 0 Å². The predicted octanol–water partition coefficient (Wildman–Crippen LogP) is 5.18. The van der Waals surface area contributed by atoms with Crippen molar-refractivity contribution in [3.63, 3.8) is 0 Å². The highest BCUT2D eigenvalue weighted by Crippen LogP contribution is 2.60. The zero-order valence-electron chi connectivity index (χ0n) is 28.5. The van der Waals surface area contributed by atoms with Crippen LogP contribution in [0.4, 0.5) is 22.7 Å². The number of carbonyl (C=O) groups is 4. The molecule has 4 fully saturated rings. The first-order chi connectivity index (χ1) is 24.8. The smallest absolute Gasteiger partial charge is 0.269 e. The average Bonchev–Trinajstić information content (AvgIpc) is 3.75. The van der Waals surface area contributed by atoms with Crippen molar-refractivity contribution in [3.8, 4) is 0 Å². The molecule has 4 aliphatic heterocycles. The van der Waals surface area contributed by atoms with Crippen LogP contribution < -0.4 is 9.80 Å². The Morgan fingerprint density at radius 3 is 1.15 bits per heavy atom. The van der Waals surface area contributed by atoms with Gasteiger partial charge in [0.05, 0.1) is 45.1 Å². The summed E-state index contributed by atoms with van der Waals surface area (Å²) in [6.07, 6.45) is 0. The molecule has 4 heterocycles. The van der Waals surface area contributed by atoms with Crippen molar-refractivity contribution >= 4 is 46.4 Å². The Hall–Kier alpha value is -6.12. The second kappa shape index (κ2) is 11.7. The molecule has 0 spiro atoms. The van der Waals surface area contributed by atoms with Crippen molar-refractivity contribution in [1.29, 1.82) is 0 Å². The summed E-state index contributed by atoms with van der Waals surface area (Å²) in [4.78, 5) is 84.0. The second-order valence-electron chi connectivity index (χ2n) is 14.0. The number of rotatable bonds is 6. The minimum absolute atomic E-state index is 0.257. The van der Waals surface area contributed by atoms with Gasteiger partial charge in [-0.15, -0.1) is 0 Å². The van der Waals surface area contributed by atoms with Gasteiger partial charge in [-0.2, -0.15) is 0 Å². The van der Waals surface area contributed by atoms with Crippen molar-refractivity contribution in [3.05, 3.63) is 139 Å². The van der Waals surface area contributed by atoms with Crippen molar-refractivity contribution in [2.45, 2.75) is 51.9 Å². The third-order valence-corrected chi connectivity index (χ3v) is 10.5. The molecule has 0 N–H and O–H groups in total. The van der Waals surface area contributed by atoms with E-state index in [0.29, 0.717) is 22.5 Å². The first kappa shape index (κ1) is 33.0. The first-order valence-electron chi connectivity index (χ1n) is 16.7. The minimum atomic E-state index is -1.25. The van der Waals surface area contributed by atoms with E-state index in [2.05, 4.69) is 0 Å². The maximum atomic E-state index is 14.8. The number of nitrogens with zero attached hydrogens (tertiary/aromatic N) is 6. The number of aryl methyl sites for hydroxylation is 4. The fourth-order valence-corrected chi connectivity index (χ4v) is 8.81. The highest BCUT2D eigenvalue weighted by Gasteiger charge is 2.73. The summed E-state index contributed by atoms with van der Waals surface area (Å²) in [6.45, 7) is 7.37. The summed E-state index contributed by atoms with van der Waals surface area (Å²) in [5, 5.41) is 27.1. The normalized spacial score (nSPS) is 25.5. The Morgan fingerprint density at radius 2 is 0.827 bits per heavy atom. The number of fused-ring (bicyclic) bond motifs is 5. The molecule has 4 amide bonds. The molecule has 14 heteroatoms. The Kier molecular flexibility index (Phi) is 7.45. The van der Waals surface area contributed by atoms with Crippen LogP contribution in [0, 0.1) is 59.8 Å². The van der Waals surface area contributed by atoms with E-state index >= 15 is 0 Å². The lowest BCUT2D eigenvalue weighted by molar-refractivity contribution is -0.385. The Morgan fingerprint density at radius 1 is 0.481 bits per heavy atom. The molecule has 262 valence electrons. The molecule has 6 atom stereocenters. The van der Waals surface area contributed by atoms with Gasteiger partial charge in [0, 0.05) is 24.3 Å². The summed E-state index contributed by atoms with van der Waals surface area (Å²) in [5.74, 6) is -4.64. The molecule has 0 radical (unpaired) electrons. The molecule has 4 saturated heterocycles. The number of hydrazine groups is 1. The van der Waals surface area contributed by atoms with Crippen molar-refractivity contribution in [2.24, 2.45) is 11.8 Å². The summed E-state index contributed by atoms with van der Waals surface area (Å²) in [6, 6.07) is 17.4. The quantitative estimate of drug-likeness (QED) is 0.149. The second-order valence-corrected chi connectivity index (χ2v) is 14.0. The molecular weight excluding hydrogens is 668 g/mol. The largest absolute Gasteiger partial charge is 0.274 e. The standard InChI is InChI=1S/C38H32N6O8/c1-19-11-20(2)14-27(13-19)39-35(45)29-31(23-7-5-9-25(17-23)43(49)50)42-34-30(36(46)40(38(34)48)28-15-21(3)12-22(4)16-28)32(41(42)33(29)37(39)47)24-8-6-10-26(18-24)44(51)52/h5-18,29-34H,1-4H3. The van der Waals surface area contributed by atoms with Crippen LogP contribution in [0.25, 0.3) is 0 Å². The highest BCUT2D eigenvalue weighted by molar-refractivity contribution is 6.26. The molecule has 0 aromatic heterocycles. The Labute approximate surface area is 297 Å². The number of amides is 4. The zero-order valence-corrected chi connectivity index (χ0v) is 28.5. The van der Waals surface area contributed by atoms with E-state index in [1.54, 1.807) is 46.4 Å². The van der Waals surface area contributed by atoms with Gasteiger partial charge in [0.1, 0.15) is 12.1 Å². The topological polar surface area (TPSA) is 168 Å². The van der Waals surface area contributed by atoms with Gasteiger partial charge in [-0.3, -0.25) is 39.4 Å². The lowest BCUT2D eigenvalue weighted by Crippen LogP contribution is -2.50. The molecule has 4 aromatic carbocycles. The number of anilines is 2. The van der Waals surface area contributed by atoms with Crippen LogP contribution in [0.3, 0.4) is 0 Å². The van der Waals surface area contributed by atoms with Crippen LogP contribution in [0.1, 0.15) is 45.5 Å². The first-order valence-corrected chi connectivity index (χ1v) is 16.7. The average molecular weight is 701 g/mol. The minimum Gasteiger partial charge on any atom is -0.274 e. The number of nitro groups is 2. The molecular formula is C38H32N6O8. The maximum Gasteiger partial charge on any atom is 0.269 e. The maximum absolute atomic E-state index is 14.8. The zero-order chi connectivity index (χ0) is 36.9. The van der Waals surface area contributed by atoms with E-state index in [0.717, 1.165) is 32.1 Å². The fourth-order valence-electron chi connectivity index (χ4n) is 8.81. The van der Waals surface area contributed by atoms with Gasteiger partial charge < -0.3 is 0 Å². The number of benzene rings is 4. The van der Waals surface area contributed by atoms with Crippen LogP contribution in [0.5, 0.6) is 0 Å². The van der Waals surface area contributed by atoms with Gasteiger partial charge in [-0.05, 0) is 85.3 Å². The Bertz CT molecular complexity index is 2090. The third-order valence-electron chi connectivity index (χ3n) is 10.5. The summed E-state index contributed by atoms with van der Waals surface area (Å²) in [7, 11) is 0. The van der Waals surface area contributed by atoms with Crippen LogP contribution in [-0.4, -0.2) is 55.6 Å². The summed E-state index contributed by atoms with van der Waals surface area (Å²) in [5.41, 5.74) is 4.07. The van der Waals surface area contributed by atoms with Gasteiger partial charge in [0.2, 0.25) is 11.8 Å².